The zero-order valence-electron chi connectivity index (χ0n) is 11.9. The van der Waals surface area contributed by atoms with Gasteiger partial charge in [-0.1, -0.05) is 43.3 Å². The third kappa shape index (κ3) is 2.79. The van der Waals surface area contributed by atoms with Crippen LogP contribution in [0.4, 0.5) is 0 Å². The second-order valence-corrected chi connectivity index (χ2v) is 5.75. The first-order chi connectivity index (χ1) is 9.66. The quantitative estimate of drug-likeness (QED) is 0.830. The predicted molar refractivity (Wildman–Crippen MR) is 80.5 cm³/mol. The molecule has 2 unspecified atom stereocenters. The molecule has 0 fully saturated rings. The second-order valence-electron chi connectivity index (χ2n) is 5.75. The number of hydrogen-bond donors (Lipinski definition) is 2. The fourth-order valence-corrected chi connectivity index (χ4v) is 2.93. The summed E-state index contributed by atoms with van der Waals surface area (Å²) in [5, 5.41) is 3.38. The van der Waals surface area contributed by atoms with Gasteiger partial charge < -0.3 is 10.1 Å². The Morgan fingerprint density at radius 2 is 2.15 bits per heavy atom. The van der Waals surface area contributed by atoms with Crippen LogP contribution in [-0.4, -0.2) is 5.85 Å². The molecular weight excluding hydrogens is 248 g/mol. The number of hydrogen-bond acceptors (Lipinski definition) is 3. The monoisotopic (exact) mass is 270 g/mol. The number of dihydropyridines is 1. The van der Waals surface area contributed by atoms with Gasteiger partial charge in [0, 0.05) is 5.70 Å². The molecule has 3 N–H and O–H groups in total. The Morgan fingerprint density at radius 3 is 2.95 bits per heavy atom. The van der Waals surface area contributed by atoms with Crippen LogP contribution in [0.5, 0.6) is 0 Å². The van der Waals surface area contributed by atoms with Crippen LogP contribution >= 0.6 is 0 Å². The summed E-state index contributed by atoms with van der Waals surface area (Å²) < 4.78 is 5.89. The Kier molecular flexibility index (Phi) is 3.64. The molecule has 0 radical (unpaired) electrons. The van der Waals surface area contributed by atoms with Crippen molar-refractivity contribution in [3.8, 4) is 0 Å². The standard InChI is InChI=1S/C17H22N2O/c1-13-6-5-9-16-15(13)10-11-17(18,19-16)20-12-14-7-3-2-4-8-14/h2-4,7-8,10-11,13,19H,5-6,9,12,18H2,1H3. The highest BCUT2D eigenvalue weighted by atomic mass is 16.5. The topological polar surface area (TPSA) is 47.3 Å². The summed E-state index contributed by atoms with van der Waals surface area (Å²) in [6.45, 7) is 2.78. The fourth-order valence-electron chi connectivity index (χ4n) is 2.93. The molecule has 20 heavy (non-hydrogen) atoms. The van der Waals surface area contributed by atoms with E-state index in [-0.39, 0.29) is 0 Å². The number of benzene rings is 1. The molecule has 0 saturated carbocycles. The van der Waals surface area contributed by atoms with Crippen molar-refractivity contribution in [2.75, 3.05) is 0 Å². The van der Waals surface area contributed by atoms with Crippen molar-refractivity contribution in [1.29, 1.82) is 0 Å². The van der Waals surface area contributed by atoms with Gasteiger partial charge in [0.2, 0.25) is 5.85 Å². The van der Waals surface area contributed by atoms with Crippen LogP contribution in [0.2, 0.25) is 0 Å². The van der Waals surface area contributed by atoms with Gasteiger partial charge in [0.25, 0.3) is 0 Å². The Bertz CT molecular complexity index is 535. The minimum absolute atomic E-state index is 0.507. The molecule has 0 amide bonds. The Balaban J connectivity index is 1.68. The molecule has 0 saturated heterocycles. The highest BCUT2D eigenvalue weighted by molar-refractivity contribution is 5.35. The third-order valence-electron chi connectivity index (χ3n) is 4.12. The molecule has 0 spiro atoms. The Hall–Kier alpha value is -1.58. The van der Waals surface area contributed by atoms with E-state index < -0.39 is 5.85 Å². The second kappa shape index (κ2) is 5.43. The van der Waals surface area contributed by atoms with Crippen molar-refractivity contribution in [3.63, 3.8) is 0 Å². The maximum absolute atomic E-state index is 6.31. The molecule has 3 rings (SSSR count). The maximum atomic E-state index is 6.31. The predicted octanol–water partition coefficient (Wildman–Crippen LogP) is 3.05. The van der Waals surface area contributed by atoms with Gasteiger partial charge in [-0.05, 0) is 42.4 Å². The lowest BCUT2D eigenvalue weighted by molar-refractivity contribution is -0.0364. The number of rotatable bonds is 3. The van der Waals surface area contributed by atoms with E-state index in [1.807, 2.05) is 36.4 Å². The van der Waals surface area contributed by atoms with E-state index in [0.717, 1.165) is 12.0 Å². The number of nitrogens with two attached hydrogens (primary N) is 1. The zero-order valence-corrected chi connectivity index (χ0v) is 11.9. The summed E-state index contributed by atoms with van der Waals surface area (Å²) >= 11 is 0. The maximum Gasteiger partial charge on any atom is 0.213 e. The molecule has 0 aromatic heterocycles. The van der Waals surface area contributed by atoms with E-state index in [1.54, 1.807) is 0 Å². The molecule has 1 aromatic rings. The molecule has 1 aromatic carbocycles. The van der Waals surface area contributed by atoms with E-state index in [2.05, 4.69) is 18.3 Å². The molecule has 1 heterocycles. The van der Waals surface area contributed by atoms with Crippen molar-refractivity contribution < 1.29 is 4.74 Å². The molecule has 106 valence electrons. The summed E-state index contributed by atoms with van der Waals surface area (Å²) in [6, 6.07) is 10.1. The van der Waals surface area contributed by atoms with E-state index in [0.29, 0.717) is 12.5 Å². The molecular formula is C17H22N2O. The molecule has 1 aliphatic carbocycles. The fraction of sp³-hybridized carbons (Fsp3) is 0.412. The molecule has 2 atom stereocenters. The van der Waals surface area contributed by atoms with Crippen molar-refractivity contribution in [1.82, 2.24) is 5.32 Å². The molecule has 1 aliphatic heterocycles. The van der Waals surface area contributed by atoms with Crippen molar-refractivity contribution >= 4 is 0 Å². The smallest absolute Gasteiger partial charge is 0.213 e. The lowest BCUT2D eigenvalue weighted by Crippen LogP contribution is -2.55. The minimum Gasteiger partial charge on any atom is -0.345 e. The average Bonchev–Trinajstić information content (AvgIpc) is 2.46. The number of ether oxygens (including phenoxy) is 1. The van der Waals surface area contributed by atoms with E-state index >= 15 is 0 Å². The van der Waals surface area contributed by atoms with Gasteiger partial charge >= 0.3 is 0 Å². The SMILES string of the molecule is CC1CCCC2=C1C=CC(N)(OCc1ccccc1)N2. The number of nitrogens with one attached hydrogen (secondary N) is 1. The summed E-state index contributed by atoms with van der Waals surface area (Å²) in [5.74, 6) is -0.271. The van der Waals surface area contributed by atoms with E-state index in [9.17, 15) is 0 Å². The van der Waals surface area contributed by atoms with Crippen molar-refractivity contribution in [2.45, 2.75) is 38.6 Å². The van der Waals surface area contributed by atoms with Crippen LogP contribution in [0, 0.1) is 5.92 Å². The van der Waals surface area contributed by atoms with Gasteiger partial charge in [0.15, 0.2) is 0 Å². The average molecular weight is 270 g/mol. The van der Waals surface area contributed by atoms with Gasteiger partial charge in [-0.3, -0.25) is 5.73 Å². The number of allylic oxidation sites excluding steroid dienone is 3. The van der Waals surface area contributed by atoms with E-state index in [4.69, 9.17) is 10.5 Å². The summed E-state index contributed by atoms with van der Waals surface area (Å²) in [7, 11) is 0. The Labute approximate surface area is 120 Å². The van der Waals surface area contributed by atoms with Crippen LogP contribution in [0.1, 0.15) is 31.7 Å². The van der Waals surface area contributed by atoms with Crippen LogP contribution in [0.3, 0.4) is 0 Å². The van der Waals surface area contributed by atoms with Crippen LogP contribution in [0.15, 0.2) is 53.8 Å². The lowest BCUT2D eigenvalue weighted by Gasteiger charge is -2.37. The third-order valence-corrected chi connectivity index (χ3v) is 4.12. The van der Waals surface area contributed by atoms with Crippen LogP contribution < -0.4 is 11.1 Å². The van der Waals surface area contributed by atoms with E-state index in [1.165, 1.54) is 24.1 Å². The molecule has 3 nitrogen and oxygen atoms in total. The molecule has 0 bridgehead atoms. The first kappa shape index (κ1) is 13.4. The zero-order chi connectivity index (χ0) is 14.0. The lowest BCUT2D eigenvalue weighted by atomic mass is 9.85. The summed E-state index contributed by atoms with van der Waals surface area (Å²) in [5.41, 5.74) is 10.1. The largest absolute Gasteiger partial charge is 0.345 e. The van der Waals surface area contributed by atoms with Gasteiger partial charge in [-0.2, -0.15) is 0 Å². The van der Waals surface area contributed by atoms with Gasteiger partial charge in [-0.15, -0.1) is 0 Å². The first-order valence-electron chi connectivity index (χ1n) is 7.33. The summed E-state index contributed by atoms with van der Waals surface area (Å²) in [6.07, 6.45) is 7.62. The Morgan fingerprint density at radius 1 is 1.35 bits per heavy atom. The van der Waals surface area contributed by atoms with Crippen molar-refractivity contribution in [3.05, 3.63) is 59.3 Å². The normalized spacial score (nSPS) is 29.0. The highest BCUT2D eigenvalue weighted by Gasteiger charge is 2.30. The molecule has 3 heteroatoms. The molecule has 2 aliphatic rings. The van der Waals surface area contributed by atoms with Crippen molar-refractivity contribution in [2.24, 2.45) is 11.7 Å². The van der Waals surface area contributed by atoms with Crippen LogP contribution in [0.25, 0.3) is 0 Å². The summed E-state index contributed by atoms with van der Waals surface area (Å²) in [4.78, 5) is 0. The minimum atomic E-state index is -0.883. The van der Waals surface area contributed by atoms with Gasteiger partial charge in [0.1, 0.15) is 0 Å². The van der Waals surface area contributed by atoms with Gasteiger partial charge in [-0.25, -0.2) is 0 Å². The highest BCUT2D eigenvalue weighted by Crippen LogP contribution is 2.33. The van der Waals surface area contributed by atoms with Gasteiger partial charge in [0.05, 0.1) is 6.61 Å². The van der Waals surface area contributed by atoms with Crippen LogP contribution in [-0.2, 0) is 11.3 Å². The first-order valence-corrected chi connectivity index (χ1v) is 7.33.